The van der Waals surface area contributed by atoms with Gasteiger partial charge >= 0.3 is 5.97 Å². The Hall–Kier alpha value is -3.51. The van der Waals surface area contributed by atoms with Crippen molar-refractivity contribution in [1.82, 2.24) is 0 Å². The summed E-state index contributed by atoms with van der Waals surface area (Å²) in [5.74, 6) is -0.688. The van der Waals surface area contributed by atoms with E-state index >= 15 is 0 Å². The fourth-order valence-electron chi connectivity index (χ4n) is 3.43. The molecule has 3 aromatic carbocycles. The van der Waals surface area contributed by atoms with E-state index in [1.54, 1.807) is 6.92 Å². The molecule has 0 saturated heterocycles. The number of rotatable bonds is 5. The number of ether oxygens (including phenoxy) is 1. The van der Waals surface area contributed by atoms with E-state index in [0.29, 0.717) is 9.95 Å². The Balaban J connectivity index is 1.77. The summed E-state index contributed by atoms with van der Waals surface area (Å²) in [6.07, 6.45) is 1.85. The number of thioether (sulfide) groups is 1. The Morgan fingerprint density at radius 2 is 1.78 bits per heavy atom. The molecule has 1 heterocycles. The number of aliphatic hydroxyl groups is 1. The molecular weight excluding hydrogens is 420 g/mol. The van der Waals surface area contributed by atoms with E-state index in [9.17, 15) is 9.90 Å². The van der Waals surface area contributed by atoms with Crippen LogP contribution in [0.25, 0.3) is 16.8 Å². The molecule has 0 saturated carbocycles. The van der Waals surface area contributed by atoms with Gasteiger partial charge in [-0.1, -0.05) is 60.3 Å². The Morgan fingerprint density at radius 3 is 2.50 bits per heavy atom. The molecule has 1 aliphatic rings. The fourth-order valence-corrected chi connectivity index (χ4v) is 4.46. The third-order valence-electron chi connectivity index (χ3n) is 5.07. The van der Waals surface area contributed by atoms with E-state index in [1.807, 2.05) is 91.8 Å². The van der Waals surface area contributed by atoms with Crippen LogP contribution in [0.5, 0.6) is 0 Å². The first kappa shape index (κ1) is 21.7. The highest BCUT2D eigenvalue weighted by molar-refractivity contribution is 8.18. The third kappa shape index (κ3) is 4.41. The average Bonchev–Trinajstić information content (AvgIpc) is 3.09. The smallest absolute Gasteiger partial charge is 0.344 e. The van der Waals surface area contributed by atoms with Crippen LogP contribution in [-0.4, -0.2) is 36.8 Å². The molecule has 6 heteroatoms. The van der Waals surface area contributed by atoms with Gasteiger partial charge in [0.05, 0.1) is 17.2 Å². The van der Waals surface area contributed by atoms with Crippen molar-refractivity contribution in [2.75, 3.05) is 25.6 Å². The average molecular weight is 445 g/mol. The van der Waals surface area contributed by atoms with Crippen molar-refractivity contribution in [2.45, 2.75) is 6.92 Å². The van der Waals surface area contributed by atoms with Gasteiger partial charge in [0.1, 0.15) is 16.4 Å². The zero-order valence-corrected chi connectivity index (χ0v) is 19.0. The summed E-state index contributed by atoms with van der Waals surface area (Å²) in [6, 6.07) is 21.7. The topological polar surface area (TPSA) is 62.1 Å². The second kappa shape index (κ2) is 9.32. The molecule has 0 aliphatic carbocycles. The fraction of sp³-hybridized carbons (Fsp3) is 0.154. The molecule has 0 radical (unpaired) electrons. The van der Waals surface area contributed by atoms with Gasteiger partial charge in [0, 0.05) is 25.2 Å². The van der Waals surface area contributed by atoms with E-state index in [-0.39, 0.29) is 17.9 Å². The van der Waals surface area contributed by atoms with Crippen molar-refractivity contribution in [2.24, 2.45) is 4.99 Å². The van der Waals surface area contributed by atoms with Crippen LogP contribution in [0.1, 0.15) is 12.5 Å². The minimum Gasteiger partial charge on any atom is -0.506 e. The SMILES string of the molecule is CCOC(=O)C1=C(O)C(=Cc2ccc(N(C)C)cc2)SC1=Nc1cccc2ccccc12. The zero-order chi connectivity index (χ0) is 22.7. The molecule has 0 unspecified atom stereocenters. The van der Waals surface area contributed by atoms with Gasteiger partial charge in [-0.2, -0.15) is 0 Å². The number of aliphatic hydroxyl groups excluding tert-OH is 1. The maximum atomic E-state index is 12.7. The molecule has 0 spiro atoms. The maximum absolute atomic E-state index is 12.7. The Kier molecular flexibility index (Phi) is 6.32. The molecule has 0 fully saturated rings. The van der Waals surface area contributed by atoms with Crippen LogP contribution in [0.15, 0.2) is 88.0 Å². The highest BCUT2D eigenvalue weighted by Gasteiger charge is 2.33. The molecule has 3 aromatic rings. The lowest BCUT2D eigenvalue weighted by Crippen LogP contribution is -2.12. The largest absolute Gasteiger partial charge is 0.506 e. The maximum Gasteiger partial charge on any atom is 0.344 e. The monoisotopic (exact) mass is 444 g/mol. The summed E-state index contributed by atoms with van der Waals surface area (Å²) in [5, 5.41) is 13.4. The van der Waals surface area contributed by atoms with Crippen molar-refractivity contribution in [3.63, 3.8) is 0 Å². The molecule has 0 atom stereocenters. The number of aliphatic imine (C=N–C) groups is 1. The third-order valence-corrected chi connectivity index (χ3v) is 6.09. The summed E-state index contributed by atoms with van der Waals surface area (Å²) in [5.41, 5.74) is 2.83. The molecule has 32 heavy (non-hydrogen) atoms. The molecule has 1 aliphatic heterocycles. The van der Waals surface area contributed by atoms with Crippen LogP contribution < -0.4 is 4.90 Å². The number of nitrogens with zero attached hydrogens (tertiary/aromatic N) is 2. The summed E-state index contributed by atoms with van der Waals surface area (Å²) < 4.78 is 5.21. The number of fused-ring (bicyclic) bond motifs is 1. The number of benzene rings is 3. The molecule has 4 rings (SSSR count). The summed E-state index contributed by atoms with van der Waals surface area (Å²) >= 11 is 1.27. The van der Waals surface area contributed by atoms with E-state index in [2.05, 4.69) is 0 Å². The van der Waals surface area contributed by atoms with Gasteiger partial charge in [-0.3, -0.25) is 0 Å². The number of hydrogen-bond acceptors (Lipinski definition) is 6. The first-order valence-corrected chi connectivity index (χ1v) is 11.1. The Morgan fingerprint density at radius 1 is 1.06 bits per heavy atom. The van der Waals surface area contributed by atoms with Gasteiger partial charge in [0.25, 0.3) is 0 Å². The van der Waals surface area contributed by atoms with Gasteiger partial charge in [-0.25, -0.2) is 9.79 Å². The highest BCUT2D eigenvalue weighted by Crippen LogP contribution is 2.41. The van der Waals surface area contributed by atoms with Crippen LogP contribution in [-0.2, 0) is 9.53 Å². The van der Waals surface area contributed by atoms with Gasteiger partial charge in [0.15, 0.2) is 0 Å². The van der Waals surface area contributed by atoms with E-state index in [1.165, 1.54) is 11.8 Å². The molecule has 1 N–H and O–H groups in total. The number of anilines is 1. The summed E-state index contributed by atoms with van der Waals surface area (Å²) in [4.78, 5) is 20.0. The zero-order valence-electron chi connectivity index (χ0n) is 18.2. The second-order valence-electron chi connectivity index (χ2n) is 7.46. The molecule has 5 nitrogen and oxygen atoms in total. The Labute approximate surface area is 191 Å². The summed E-state index contributed by atoms with van der Waals surface area (Å²) in [6.45, 7) is 1.95. The van der Waals surface area contributed by atoms with Crippen LogP contribution in [0.4, 0.5) is 11.4 Å². The van der Waals surface area contributed by atoms with Gasteiger partial charge < -0.3 is 14.7 Å². The molecule has 0 amide bonds. The first-order valence-electron chi connectivity index (χ1n) is 10.3. The van der Waals surface area contributed by atoms with Crippen molar-refractivity contribution in [1.29, 1.82) is 0 Å². The van der Waals surface area contributed by atoms with Gasteiger partial charge in [-0.15, -0.1) is 0 Å². The minimum atomic E-state index is -0.581. The predicted molar refractivity (Wildman–Crippen MR) is 134 cm³/mol. The van der Waals surface area contributed by atoms with Crippen LogP contribution >= 0.6 is 11.8 Å². The number of esters is 1. The van der Waals surface area contributed by atoms with Crippen LogP contribution in [0.2, 0.25) is 0 Å². The van der Waals surface area contributed by atoms with Crippen molar-refractivity contribution < 1.29 is 14.6 Å². The van der Waals surface area contributed by atoms with E-state index < -0.39 is 5.97 Å². The van der Waals surface area contributed by atoms with Crippen molar-refractivity contribution >= 4 is 51.0 Å². The number of carbonyl (C=O) groups excluding carboxylic acids is 1. The lowest BCUT2D eigenvalue weighted by atomic mass is 10.1. The quantitative estimate of drug-likeness (QED) is 0.482. The van der Waals surface area contributed by atoms with Gasteiger partial charge in [-0.05, 0) is 42.1 Å². The molecule has 0 aromatic heterocycles. The first-order chi connectivity index (χ1) is 15.5. The normalized spacial score (nSPS) is 16.2. The van der Waals surface area contributed by atoms with Crippen LogP contribution in [0, 0.1) is 0 Å². The molecule has 0 bridgehead atoms. The number of carbonyl (C=O) groups is 1. The lowest BCUT2D eigenvalue weighted by molar-refractivity contribution is -0.138. The molecule has 162 valence electrons. The minimum absolute atomic E-state index is 0.0981. The number of hydrogen-bond donors (Lipinski definition) is 1. The van der Waals surface area contributed by atoms with E-state index in [4.69, 9.17) is 9.73 Å². The van der Waals surface area contributed by atoms with Gasteiger partial charge in [0.2, 0.25) is 0 Å². The standard InChI is InChI=1S/C26H24N2O3S/c1-4-31-26(30)23-24(29)22(16-17-12-14-19(15-13-17)28(2)3)32-25(23)27-21-11-7-9-18-8-5-6-10-20(18)21/h5-16,29H,4H2,1-3H3. The Bertz CT molecular complexity index is 1250. The van der Waals surface area contributed by atoms with Crippen molar-refractivity contribution in [3.8, 4) is 0 Å². The lowest BCUT2D eigenvalue weighted by Gasteiger charge is -2.11. The highest BCUT2D eigenvalue weighted by atomic mass is 32.2. The molecular formula is C26H24N2O3S. The van der Waals surface area contributed by atoms with Crippen LogP contribution in [0.3, 0.4) is 0 Å². The second-order valence-corrected chi connectivity index (χ2v) is 8.49. The van der Waals surface area contributed by atoms with Crippen molar-refractivity contribution in [3.05, 3.63) is 88.5 Å². The predicted octanol–water partition coefficient (Wildman–Crippen LogP) is 6.10. The summed E-state index contributed by atoms with van der Waals surface area (Å²) in [7, 11) is 3.97. The van der Waals surface area contributed by atoms with E-state index in [0.717, 1.165) is 27.7 Å².